The van der Waals surface area contributed by atoms with E-state index >= 15 is 0 Å². The van der Waals surface area contributed by atoms with Gasteiger partial charge >= 0.3 is 0 Å². The molecule has 0 saturated carbocycles. The molecule has 0 aliphatic heterocycles. The molecule has 0 aromatic carbocycles. The Kier molecular flexibility index (Phi) is 2.80. The first-order valence-electron chi connectivity index (χ1n) is 3.82. The van der Waals surface area contributed by atoms with Crippen LogP contribution in [0.5, 0.6) is 0 Å². The number of aromatic nitrogens is 2. The van der Waals surface area contributed by atoms with Crippen molar-refractivity contribution in [2.75, 3.05) is 14.1 Å². The third-order valence-electron chi connectivity index (χ3n) is 1.37. The van der Waals surface area contributed by atoms with Crippen LogP contribution in [0.2, 0.25) is 0 Å². The summed E-state index contributed by atoms with van der Waals surface area (Å²) < 4.78 is 0. The Balaban J connectivity index is 2.76. The molecular formula is C9H13N3. The molecule has 0 radical (unpaired) electrons. The summed E-state index contributed by atoms with van der Waals surface area (Å²) in [5, 5.41) is 0. The van der Waals surface area contributed by atoms with Crippen molar-refractivity contribution in [3.8, 4) is 0 Å². The lowest BCUT2D eigenvalue weighted by Crippen LogP contribution is -2.00. The maximum atomic E-state index is 4.09. The maximum absolute atomic E-state index is 4.09. The molecule has 0 N–H and O–H groups in total. The van der Waals surface area contributed by atoms with Gasteiger partial charge in [-0.05, 0) is 19.1 Å². The van der Waals surface area contributed by atoms with Crippen molar-refractivity contribution in [2.45, 2.75) is 6.92 Å². The number of rotatable bonds is 2. The zero-order chi connectivity index (χ0) is 8.97. The summed E-state index contributed by atoms with van der Waals surface area (Å²) in [5.74, 6) is 0. The molecule has 0 amide bonds. The Morgan fingerprint density at radius 3 is 2.67 bits per heavy atom. The average Bonchev–Trinajstić information content (AvgIpc) is 2.01. The van der Waals surface area contributed by atoms with Gasteiger partial charge in [0.2, 0.25) is 0 Å². The molecule has 3 nitrogen and oxygen atoms in total. The van der Waals surface area contributed by atoms with Crippen LogP contribution >= 0.6 is 0 Å². The normalized spacial score (nSPS) is 10.6. The molecule has 0 fully saturated rings. The molecule has 0 aliphatic carbocycles. The van der Waals surface area contributed by atoms with Crippen molar-refractivity contribution in [1.29, 1.82) is 0 Å². The van der Waals surface area contributed by atoms with Crippen molar-refractivity contribution < 1.29 is 0 Å². The summed E-state index contributed by atoms with van der Waals surface area (Å²) in [5.41, 5.74) is 1.93. The van der Waals surface area contributed by atoms with Crippen LogP contribution in [0.4, 0.5) is 0 Å². The predicted molar refractivity (Wildman–Crippen MR) is 49.5 cm³/mol. The SMILES string of the molecule is Cc1cc(/C=C/N(C)C)ncn1. The minimum Gasteiger partial charge on any atom is -0.383 e. The molecule has 0 saturated heterocycles. The highest BCUT2D eigenvalue weighted by Crippen LogP contribution is 1.98. The molecule has 1 aromatic rings. The number of aryl methyl sites for hydroxylation is 1. The molecule has 0 spiro atoms. The van der Waals surface area contributed by atoms with E-state index in [-0.39, 0.29) is 0 Å². The Bertz CT molecular complexity index is 279. The van der Waals surface area contributed by atoms with Crippen LogP contribution in [0, 0.1) is 6.92 Å². The van der Waals surface area contributed by atoms with Gasteiger partial charge in [-0.1, -0.05) is 0 Å². The van der Waals surface area contributed by atoms with E-state index in [1.54, 1.807) is 6.33 Å². The van der Waals surface area contributed by atoms with Crippen molar-refractivity contribution in [3.63, 3.8) is 0 Å². The monoisotopic (exact) mass is 163 g/mol. The van der Waals surface area contributed by atoms with Gasteiger partial charge in [-0.3, -0.25) is 0 Å². The molecule has 1 rings (SSSR count). The van der Waals surface area contributed by atoms with Crippen LogP contribution in [0.1, 0.15) is 11.4 Å². The summed E-state index contributed by atoms with van der Waals surface area (Å²) in [4.78, 5) is 10.1. The zero-order valence-electron chi connectivity index (χ0n) is 7.65. The second-order valence-electron chi connectivity index (χ2n) is 2.86. The van der Waals surface area contributed by atoms with Gasteiger partial charge in [0.05, 0.1) is 5.69 Å². The van der Waals surface area contributed by atoms with Crippen LogP contribution in [-0.2, 0) is 0 Å². The van der Waals surface area contributed by atoms with Crippen LogP contribution in [-0.4, -0.2) is 29.0 Å². The molecule has 12 heavy (non-hydrogen) atoms. The standard InChI is InChI=1S/C9H13N3/c1-8-6-9(11-7-10-8)4-5-12(2)3/h4-7H,1-3H3/b5-4+. The third kappa shape index (κ3) is 2.70. The van der Waals surface area contributed by atoms with E-state index in [1.165, 1.54) is 0 Å². The molecular weight excluding hydrogens is 150 g/mol. The number of hydrogen-bond donors (Lipinski definition) is 0. The van der Waals surface area contributed by atoms with Gasteiger partial charge in [0.15, 0.2) is 0 Å². The maximum Gasteiger partial charge on any atom is 0.116 e. The molecule has 64 valence electrons. The van der Waals surface area contributed by atoms with Crippen LogP contribution in [0.15, 0.2) is 18.6 Å². The lowest BCUT2D eigenvalue weighted by atomic mass is 10.3. The Morgan fingerprint density at radius 1 is 1.33 bits per heavy atom. The predicted octanol–water partition coefficient (Wildman–Crippen LogP) is 1.32. The van der Waals surface area contributed by atoms with Gasteiger partial charge in [-0.15, -0.1) is 0 Å². The van der Waals surface area contributed by atoms with Gasteiger partial charge < -0.3 is 4.90 Å². The molecule has 0 bridgehead atoms. The third-order valence-corrected chi connectivity index (χ3v) is 1.37. The van der Waals surface area contributed by atoms with E-state index in [0.717, 1.165) is 11.4 Å². The van der Waals surface area contributed by atoms with Crippen molar-refractivity contribution in [2.24, 2.45) is 0 Å². The van der Waals surface area contributed by atoms with E-state index in [4.69, 9.17) is 0 Å². The second kappa shape index (κ2) is 3.85. The molecule has 0 atom stereocenters. The summed E-state index contributed by atoms with van der Waals surface area (Å²) >= 11 is 0. The summed E-state index contributed by atoms with van der Waals surface area (Å²) in [6, 6.07) is 1.94. The topological polar surface area (TPSA) is 29.0 Å². The Labute approximate surface area is 72.8 Å². The second-order valence-corrected chi connectivity index (χ2v) is 2.86. The van der Waals surface area contributed by atoms with E-state index in [0.29, 0.717) is 0 Å². The van der Waals surface area contributed by atoms with E-state index in [1.807, 2.05) is 44.3 Å². The van der Waals surface area contributed by atoms with Crippen LogP contribution in [0.3, 0.4) is 0 Å². The molecule has 1 heterocycles. The minimum atomic E-state index is 0.941. The molecule has 0 aliphatic rings. The highest BCUT2D eigenvalue weighted by molar-refractivity contribution is 5.43. The van der Waals surface area contributed by atoms with E-state index in [2.05, 4.69) is 9.97 Å². The van der Waals surface area contributed by atoms with Gasteiger partial charge in [0.25, 0.3) is 0 Å². The smallest absolute Gasteiger partial charge is 0.116 e. The first-order valence-corrected chi connectivity index (χ1v) is 3.82. The molecule has 1 aromatic heterocycles. The lowest BCUT2D eigenvalue weighted by molar-refractivity contribution is 0.567. The van der Waals surface area contributed by atoms with E-state index in [9.17, 15) is 0 Å². The Morgan fingerprint density at radius 2 is 2.08 bits per heavy atom. The minimum absolute atomic E-state index is 0.941. The first kappa shape index (κ1) is 8.71. The first-order chi connectivity index (χ1) is 5.68. The fourth-order valence-corrected chi connectivity index (χ4v) is 0.792. The molecule has 3 heteroatoms. The summed E-state index contributed by atoms with van der Waals surface area (Å²) in [6.07, 6.45) is 5.49. The number of nitrogens with zero attached hydrogens (tertiary/aromatic N) is 3. The number of hydrogen-bond acceptors (Lipinski definition) is 3. The van der Waals surface area contributed by atoms with Crippen LogP contribution < -0.4 is 0 Å². The quantitative estimate of drug-likeness (QED) is 0.658. The van der Waals surface area contributed by atoms with Crippen molar-refractivity contribution >= 4 is 6.08 Å². The van der Waals surface area contributed by atoms with Crippen LogP contribution in [0.25, 0.3) is 6.08 Å². The van der Waals surface area contributed by atoms with Gasteiger partial charge in [-0.25, -0.2) is 9.97 Å². The lowest BCUT2D eigenvalue weighted by Gasteiger charge is -2.02. The fourth-order valence-electron chi connectivity index (χ4n) is 0.792. The zero-order valence-corrected chi connectivity index (χ0v) is 7.65. The Hall–Kier alpha value is -1.38. The fraction of sp³-hybridized carbons (Fsp3) is 0.333. The summed E-state index contributed by atoms with van der Waals surface area (Å²) in [7, 11) is 3.95. The van der Waals surface area contributed by atoms with Gasteiger partial charge in [0.1, 0.15) is 6.33 Å². The van der Waals surface area contributed by atoms with Crippen molar-refractivity contribution in [1.82, 2.24) is 14.9 Å². The van der Waals surface area contributed by atoms with Crippen molar-refractivity contribution in [3.05, 3.63) is 30.0 Å². The highest BCUT2D eigenvalue weighted by atomic mass is 15.0. The molecule has 0 unspecified atom stereocenters. The largest absolute Gasteiger partial charge is 0.383 e. The highest BCUT2D eigenvalue weighted by Gasteiger charge is 1.88. The average molecular weight is 163 g/mol. The van der Waals surface area contributed by atoms with E-state index < -0.39 is 0 Å². The van der Waals surface area contributed by atoms with Gasteiger partial charge in [0, 0.05) is 26.0 Å². The summed E-state index contributed by atoms with van der Waals surface area (Å²) in [6.45, 7) is 1.95. The van der Waals surface area contributed by atoms with Gasteiger partial charge in [-0.2, -0.15) is 0 Å².